The number of rotatable bonds is 13. The van der Waals surface area contributed by atoms with Gasteiger partial charge in [-0.3, -0.25) is 9.59 Å². The molecule has 13 heteroatoms. The van der Waals surface area contributed by atoms with Gasteiger partial charge in [0.05, 0.1) is 12.5 Å². The summed E-state index contributed by atoms with van der Waals surface area (Å²) in [5.41, 5.74) is 7.15. The standard InChI is InChI=1S/C32H36F5N3O5/c1-31(2,3)29(40(15-7-14-38)27(41)12-13-28(42)44-20-45-30(43)32(35,36)37)26-16-22(24-17-23(33)10-11-25(24)34)19-39(26)18-21-8-5-4-6-9-21/h4-6,8-11,16-17,19,29H,7,12-15,18,20,38H2,1-3H3/t29-/m0/s1. The molecule has 1 atom stereocenters. The maximum atomic E-state index is 14.9. The number of amides is 1. The molecule has 0 bridgehead atoms. The third-order valence-electron chi connectivity index (χ3n) is 6.89. The highest BCUT2D eigenvalue weighted by atomic mass is 19.4. The number of aromatic nitrogens is 1. The van der Waals surface area contributed by atoms with Gasteiger partial charge in [0, 0.05) is 42.5 Å². The van der Waals surface area contributed by atoms with Gasteiger partial charge in [0.15, 0.2) is 0 Å². The molecule has 0 saturated carbocycles. The van der Waals surface area contributed by atoms with Crippen LogP contribution in [0, 0.1) is 17.0 Å². The number of hydrogen-bond acceptors (Lipinski definition) is 6. The number of hydrogen-bond donors (Lipinski definition) is 1. The molecule has 0 aliphatic heterocycles. The van der Waals surface area contributed by atoms with Gasteiger partial charge in [0.2, 0.25) is 12.7 Å². The van der Waals surface area contributed by atoms with Crippen LogP contribution in [-0.2, 0) is 30.4 Å². The molecule has 3 aromatic rings. The molecule has 244 valence electrons. The Morgan fingerprint density at radius 2 is 1.64 bits per heavy atom. The lowest BCUT2D eigenvalue weighted by Crippen LogP contribution is -2.43. The highest BCUT2D eigenvalue weighted by Gasteiger charge is 2.41. The Morgan fingerprint density at radius 1 is 0.956 bits per heavy atom. The van der Waals surface area contributed by atoms with Crippen LogP contribution in [0.1, 0.15) is 57.3 Å². The van der Waals surface area contributed by atoms with Crippen LogP contribution in [0.2, 0.25) is 0 Å². The zero-order valence-electron chi connectivity index (χ0n) is 25.2. The summed E-state index contributed by atoms with van der Waals surface area (Å²) in [6.45, 7) is 5.26. The summed E-state index contributed by atoms with van der Waals surface area (Å²) in [6, 6.07) is 13.7. The van der Waals surface area contributed by atoms with E-state index in [1.807, 2.05) is 55.7 Å². The predicted molar refractivity (Wildman–Crippen MR) is 155 cm³/mol. The Labute approximate surface area is 257 Å². The van der Waals surface area contributed by atoms with Gasteiger partial charge >= 0.3 is 18.1 Å². The fourth-order valence-corrected chi connectivity index (χ4v) is 4.93. The van der Waals surface area contributed by atoms with Crippen molar-refractivity contribution in [3.63, 3.8) is 0 Å². The number of nitrogens with two attached hydrogens (primary N) is 1. The minimum Gasteiger partial charge on any atom is -0.428 e. The second kappa shape index (κ2) is 15.2. The molecular formula is C32H36F5N3O5. The van der Waals surface area contributed by atoms with Crippen molar-refractivity contribution in [2.75, 3.05) is 19.9 Å². The minimum absolute atomic E-state index is 0.0459. The summed E-state index contributed by atoms with van der Waals surface area (Å²) < 4.78 is 76.3. The highest BCUT2D eigenvalue weighted by molar-refractivity contribution is 5.82. The largest absolute Gasteiger partial charge is 0.491 e. The summed E-state index contributed by atoms with van der Waals surface area (Å²) in [4.78, 5) is 38.3. The number of nitrogens with zero attached hydrogens (tertiary/aromatic N) is 2. The molecule has 1 aromatic heterocycles. The van der Waals surface area contributed by atoms with Crippen molar-refractivity contribution < 1.29 is 45.8 Å². The average Bonchev–Trinajstić information content (AvgIpc) is 3.36. The molecule has 2 N–H and O–H groups in total. The quantitative estimate of drug-likeness (QED) is 0.137. The summed E-state index contributed by atoms with van der Waals surface area (Å²) in [7, 11) is 0. The lowest BCUT2D eigenvalue weighted by Gasteiger charge is -2.41. The van der Waals surface area contributed by atoms with Gasteiger partial charge in [-0.05, 0) is 48.2 Å². The number of benzene rings is 2. The van der Waals surface area contributed by atoms with Crippen molar-refractivity contribution in [3.8, 4) is 11.1 Å². The molecule has 3 rings (SSSR count). The van der Waals surface area contributed by atoms with Gasteiger partial charge in [-0.15, -0.1) is 0 Å². The van der Waals surface area contributed by atoms with E-state index in [-0.39, 0.29) is 25.1 Å². The van der Waals surface area contributed by atoms with E-state index in [2.05, 4.69) is 9.47 Å². The average molecular weight is 638 g/mol. The van der Waals surface area contributed by atoms with Gasteiger partial charge < -0.3 is 24.7 Å². The van der Waals surface area contributed by atoms with E-state index in [1.54, 1.807) is 17.2 Å². The molecule has 45 heavy (non-hydrogen) atoms. The second-order valence-corrected chi connectivity index (χ2v) is 11.5. The number of esters is 2. The molecule has 0 aliphatic rings. The Bertz CT molecular complexity index is 1470. The first-order chi connectivity index (χ1) is 21.1. The monoisotopic (exact) mass is 637 g/mol. The van der Waals surface area contributed by atoms with Gasteiger partial charge in [0.1, 0.15) is 11.6 Å². The van der Waals surface area contributed by atoms with Crippen molar-refractivity contribution in [1.29, 1.82) is 0 Å². The predicted octanol–water partition coefficient (Wildman–Crippen LogP) is 6.13. The fourth-order valence-electron chi connectivity index (χ4n) is 4.93. The molecule has 0 spiro atoms. The lowest BCUT2D eigenvalue weighted by atomic mass is 9.82. The van der Waals surface area contributed by atoms with Gasteiger partial charge in [-0.1, -0.05) is 51.1 Å². The fraction of sp³-hybridized carbons (Fsp3) is 0.406. The number of alkyl halides is 3. The third-order valence-corrected chi connectivity index (χ3v) is 6.89. The summed E-state index contributed by atoms with van der Waals surface area (Å²) >= 11 is 0. The van der Waals surface area contributed by atoms with Crippen LogP contribution in [0.25, 0.3) is 11.1 Å². The molecule has 8 nitrogen and oxygen atoms in total. The van der Waals surface area contributed by atoms with Gasteiger partial charge in [-0.2, -0.15) is 13.2 Å². The van der Waals surface area contributed by atoms with E-state index in [4.69, 9.17) is 5.73 Å². The summed E-state index contributed by atoms with van der Waals surface area (Å²) in [5, 5.41) is 0. The molecule has 0 radical (unpaired) electrons. The number of ether oxygens (including phenoxy) is 2. The molecule has 0 unspecified atom stereocenters. The normalized spacial score (nSPS) is 12.5. The zero-order valence-corrected chi connectivity index (χ0v) is 25.2. The Hall–Kier alpha value is -4.26. The van der Waals surface area contributed by atoms with Crippen LogP contribution in [0.4, 0.5) is 22.0 Å². The molecule has 1 heterocycles. The van der Waals surface area contributed by atoms with Crippen LogP contribution < -0.4 is 5.73 Å². The van der Waals surface area contributed by atoms with Crippen molar-refractivity contribution in [2.45, 2.75) is 58.8 Å². The van der Waals surface area contributed by atoms with E-state index >= 15 is 0 Å². The van der Waals surface area contributed by atoms with Crippen LogP contribution in [0.15, 0.2) is 60.8 Å². The minimum atomic E-state index is -5.24. The molecule has 0 fully saturated rings. The van der Waals surface area contributed by atoms with Crippen LogP contribution in [-0.4, -0.2) is 53.4 Å². The third kappa shape index (κ3) is 9.87. The molecule has 1 amide bonds. The van der Waals surface area contributed by atoms with Gasteiger partial charge in [0.25, 0.3) is 0 Å². The smallest absolute Gasteiger partial charge is 0.428 e. The van der Waals surface area contributed by atoms with E-state index in [0.717, 1.165) is 23.8 Å². The first-order valence-corrected chi connectivity index (χ1v) is 14.2. The van der Waals surface area contributed by atoms with E-state index in [0.29, 0.717) is 24.2 Å². The van der Waals surface area contributed by atoms with Crippen LogP contribution in [0.3, 0.4) is 0 Å². The van der Waals surface area contributed by atoms with E-state index < -0.39 is 60.3 Å². The van der Waals surface area contributed by atoms with Crippen LogP contribution >= 0.6 is 0 Å². The van der Waals surface area contributed by atoms with E-state index in [1.165, 1.54) is 0 Å². The highest BCUT2D eigenvalue weighted by Crippen LogP contribution is 2.41. The summed E-state index contributed by atoms with van der Waals surface area (Å²) in [6.07, 6.45) is -4.01. The Balaban J connectivity index is 1.96. The van der Waals surface area contributed by atoms with Gasteiger partial charge in [-0.25, -0.2) is 13.6 Å². The Morgan fingerprint density at radius 3 is 2.27 bits per heavy atom. The second-order valence-electron chi connectivity index (χ2n) is 11.5. The zero-order chi connectivity index (χ0) is 33.4. The molecule has 0 saturated heterocycles. The van der Waals surface area contributed by atoms with Crippen molar-refractivity contribution in [3.05, 3.63) is 83.7 Å². The first-order valence-electron chi connectivity index (χ1n) is 14.2. The maximum absolute atomic E-state index is 14.9. The molecule has 2 aromatic carbocycles. The van der Waals surface area contributed by atoms with Crippen molar-refractivity contribution >= 4 is 17.8 Å². The van der Waals surface area contributed by atoms with Crippen LogP contribution in [0.5, 0.6) is 0 Å². The SMILES string of the molecule is CC(C)(C)[C@H](c1cc(-c2cc(F)ccc2F)cn1Cc1ccccc1)N(CCCN)C(=O)CCC(=O)OCOC(=O)C(F)(F)F. The Kier molecular flexibility index (Phi) is 11.9. The number of carbonyl (C=O) groups is 3. The maximum Gasteiger partial charge on any atom is 0.491 e. The van der Waals surface area contributed by atoms with Crippen molar-refractivity contribution in [2.24, 2.45) is 11.1 Å². The first kappa shape index (κ1) is 35.2. The lowest BCUT2D eigenvalue weighted by molar-refractivity contribution is -0.210. The van der Waals surface area contributed by atoms with E-state index in [9.17, 15) is 36.3 Å². The molecule has 0 aliphatic carbocycles. The summed E-state index contributed by atoms with van der Waals surface area (Å²) in [5.74, 6) is -5.26. The van der Waals surface area contributed by atoms with Crippen molar-refractivity contribution in [1.82, 2.24) is 9.47 Å². The topological polar surface area (TPSA) is 104 Å². The number of halogens is 5. The number of carbonyl (C=O) groups excluding carboxylic acids is 3. The molecular weight excluding hydrogens is 601 g/mol.